The van der Waals surface area contributed by atoms with E-state index in [2.05, 4.69) is 15.0 Å². The summed E-state index contributed by atoms with van der Waals surface area (Å²) in [7, 11) is -3.75. The average molecular weight is 353 g/mol. The largest absolute Gasteiger partial charge is 0.320 e. The molecule has 0 aliphatic rings. The van der Waals surface area contributed by atoms with Gasteiger partial charge < -0.3 is 5.32 Å². The highest BCUT2D eigenvalue weighted by atomic mass is 32.2. The van der Waals surface area contributed by atoms with Gasteiger partial charge in [-0.05, 0) is 39.8 Å². The van der Waals surface area contributed by atoms with E-state index in [-0.39, 0.29) is 16.5 Å². The molecule has 0 unspecified atom stereocenters. The molecule has 2 N–H and O–H groups in total. The number of nitrogens with zero attached hydrogens (tertiary/aromatic N) is 1. The summed E-state index contributed by atoms with van der Waals surface area (Å²) in [6.07, 6.45) is 0. The molecule has 1 heterocycles. The molecule has 0 atom stereocenters. The second-order valence-corrected chi connectivity index (χ2v) is 8.58. The lowest BCUT2D eigenvalue weighted by Crippen LogP contribution is -2.40. The molecule has 0 bridgehead atoms. The number of aryl methyl sites for hydroxylation is 1. The van der Waals surface area contributed by atoms with Gasteiger partial charge in [0.05, 0.1) is 16.9 Å². The number of carbonyl (C=O) groups excluding carboxylic acids is 1. The molecule has 0 radical (unpaired) electrons. The molecule has 1 aromatic carbocycles. The maximum Gasteiger partial charge on any atom is 0.267 e. The predicted molar refractivity (Wildman–Crippen MR) is 91.3 cm³/mol. The minimum Gasteiger partial charge on any atom is -0.320 e. The summed E-state index contributed by atoms with van der Waals surface area (Å²) < 4.78 is 27.6. The number of rotatable bonds is 4. The molecule has 8 heteroatoms. The van der Waals surface area contributed by atoms with Gasteiger partial charge in [-0.15, -0.1) is 11.3 Å². The molecule has 0 saturated heterocycles. The highest BCUT2D eigenvalue weighted by Crippen LogP contribution is 2.24. The normalized spacial score (nSPS) is 12.2. The van der Waals surface area contributed by atoms with Gasteiger partial charge in [-0.3, -0.25) is 4.79 Å². The van der Waals surface area contributed by atoms with Crippen LogP contribution in [-0.4, -0.2) is 24.8 Å². The summed E-state index contributed by atoms with van der Waals surface area (Å²) in [5.41, 5.74) is 1.81. The Hall–Kier alpha value is -1.77. The van der Waals surface area contributed by atoms with Crippen LogP contribution in [0.1, 0.15) is 36.1 Å². The van der Waals surface area contributed by atoms with Crippen molar-refractivity contribution in [3.05, 3.63) is 40.3 Å². The van der Waals surface area contributed by atoms with Gasteiger partial charge in [0.1, 0.15) is 9.77 Å². The number of aromatic nitrogens is 1. The first-order valence-electron chi connectivity index (χ1n) is 6.94. The number of thiazole rings is 1. The van der Waals surface area contributed by atoms with E-state index >= 15 is 0 Å². The molecule has 1 aromatic heterocycles. The Morgan fingerprint density at radius 1 is 1.22 bits per heavy atom. The molecule has 2 rings (SSSR count). The van der Waals surface area contributed by atoms with Crippen LogP contribution in [0.5, 0.6) is 0 Å². The van der Waals surface area contributed by atoms with Crippen LogP contribution >= 0.6 is 11.3 Å². The summed E-state index contributed by atoms with van der Waals surface area (Å²) in [6, 6.07) is 6.31. The second kappa shape index (κ2) is 6.38. The Morgan fingerprint density at radius 2 is 1.87 bits per heavy atom. The predicted octanol–water partition coefficient (Wildman–Crippen LogP) is 2.78. The Morgan fingerprint density at radius 3 is 2.43 bits per heavy atom. The third kappa shape index (κ3) is 4.37. The Labute approximate surface area is 140 Å². The molecule has 0 spiro atoms. The molecule has 0 saturated carbocycles. The third-order valence-electron chi connectivity index (χ3n) is 2.82. The smallest absolute Gasteiger partial charge is 0.267 e. The van der Waals surface area contributed by atoms with Crippen LogP contribution in [0.4, 0.5) is 5.69 Å². The zero-order valence-electron chi connectivity index (χ0n) is 13.4. The fraction of sp³-hybridized carbons (Fsp3) is 0.333. The van der Waals surface area contributed by atoms with Crippen LogP contribution in [0.2, 0.25) is 0 Å². The van der Waals surface area contributed by atoms with Gasteiger partial charge in [0.2, 0.25) is 10.0 Å². The first-order chi connectivity index (χ1) is 10.6. The molecular weight excluding hydrogens is 334 g/mol. The first-order valence-corrected chi connectivity index (χ1v) is 9.31. The van der Waals surface area contributed by atoms with E-state index in [0.717, 1.165) is 0 Å². The minimum absolute atomic E-state index is 0.0328. The van der Waals surface area contributed by atoms with E-state index in [1.54, 1.807) is 51.4 Å². The lowest BCUT2D eigenvalue weighted by Gasteiger charge is -2.21. The van der Waals surface area contributed by atoms with Gasteiger partial charge in [-0.25, -0.2) is 18.1 Å². The average Bonchev–Trinajstić information content (AvgIpc) is 2.82. The van der Waals surface area contributed by atoms with Crippen molar-refractivity contribution in [1.82, 2.24) is 9.71 Å². The second-order valence-electron chi connectivity index (χ2n) is 6.07. The van der Waals surface area contributed by atoms with Gasteiger partial charge in [-0.2, -0.15) is 0 Å². The van der Waals surface area contributed by atoms with E-state index in [0.29, 0.717) is 10.6 Å². The van der Waals surface area contributed by atoms with Crippen molar-refractivity contribution < 1.29 is 13.2 Å². The van der Waals surface area contributed by atoms with E-state index in [1.165, 1.54) is 17.4 Å². The van der Waals surface area contributed by atoms with Gasteiger partial charge in [0.15, 0.2) is 0 Å². The van der Waals surface area contributed by atoms with E-state index in [4.69, 9.17) is 0 Å². The summed E-state index contributed by atoms with van der Waals surface area (Å²) in [6.45, 7) is 7.00. The van der Waals surface area contributed by atoms with Crippen LogP contribution in [0.3, 0.4) is 0 Å². The summed E-state index contributed by atoms with van der Waals surface area (Å²) in [5, 5.41) is 2.66. The molecule has 2 aromatic rings. The molecule has 0 fully saturated rings. The van der Waals surface area contributed by atoms with Gasteiger partial charge >= 0.3 is 0 Å². The Balaban J connectivity index is 2.35. The van der Waals surface area contributed by atoms with Crippen molar-refractivity contribution in [1.29, 1.82) is 0 Å². The first kappa shape index (κ1) is 17.6. The summed E-state index contributed by atoms with van der Waals surface area (Å²) >= 11 is 1.21. The number of nitrogens with one attached hydrogen (secondary N) is 2. The number of hydrogen-bond acceptors (Lipinski definition) is 5. The maximum atomic E-state index is 12.5. The standard InChI is InChI=1S/C15H19N3O3S2/c1-10-13(22-9-16-10)14(19)17-11-7-5-6-8-12(11)23(20,21)18-15(2,3)4/h5-9,18H,1-4H3,(H,17,19). The molecule has 23 heavy (non-hydrogen) atoms. The number of hydrogen-bond donors (Lipinski definition) is 2. The fourth-order valence-electron chi connectivity index (χ4n) is 1.96. The van der Waals surface area contributed by atoms with Crippen molar-refractivity contribution in [2.24, 2.45) is 0 Å². The van der Waals surface area contributed by atoms with E-state index in [1.807, 2.05) is 0 Å². The zero-order valence-corrected chi connectivity index (χ0v) is 15.0. The maximum absolute atomic E-state index is 12.5. The quantitative estimate of drug-likeness (QED) is 0.885. The Kier molecular flexibility index (Phi) is 4.88. The fourth-order valence-corrected chi connectivity index (χ4v) is 4.24. The lowest BCUT2D eigenvalue weighted by molar-refractivity contribution is 0.102. The Bertz CT molecular complexity index is 820. The molecule has 0 aliphatic heterocycles. The van der Waals surface area contributed by atoms with Crippen molar-refractivity contribution in [2.45, 2.75) is 38.1 Å². The summed E-state index contributed by atoms with van der Waals surface area (Å²) in [5.74, 6) is -0.372. The minimum atomic E-state index is -3.75. The number of carbonyl (C=O) groups is 1. The molecule has 1 amide bonds. The van der Waals surface area contributed by atoms with E-state index in [9.17, 15) is 13.2 Å². The number of benzene rings is 1. The molecule has 124 valence electrons. The number of para-hydroxylation sites is 1. The molecule has 6 nitrogen and oxygen atoms in total. The zero-order chi connectivity index (χ0) is 17.3. The highest BCUT2D eigenvalue weighted by molar-refractivity contribution is 7.89. The van der Waals surface area contributed by atoms with E-state index < -0.39 is 15.6 Å². The highest BCUT2D eigenvalue weighted by Gasteiger charge is 2.25. The van der Waals surface area contributed by atoms with Crippen molar-refractivity contribution in [3.63, 3.8) is 0 Å². The third-order valence-corrected chi connectivity index (χ3v) is 5.56. The summed E-state index contributed by atoms with van der Waals surface area (Å²) in [4.78, 5) is 16.8. The van der Waals surface area contributed by atoms with Crippen LogP contribution in [0.25, 0.3) is 0 Å². The molecular formula is C15H19N3O3S2. The van der Waals surface area contributed by atoms with Crippen LogP contribution in [-0.2, 0) is 10.0 Å². The lowest BCUT2D eigenvalue weighted by atomic mass is 10.1. The molecule has 0 aliphatic carbocycles. The number of sulfonamides is 1. The number of anilines is 1. The van der Waals surface area contributed by atoms with Gasteiger partial charge in [0, 0.05) is 5.54 Å². The van der Waals surface area contributed by atoms with Crippen molar-refractivity contribution in [3.8, 4) is 0 Å². The topological polar surface area (TPSA) is 88.2 Å². The van der Waals surface area contributed by atoms with Crippen LogP contribution < -0.4 is 10.0 Å². The SMILES string of the molecule is Cc1ncsc1C(=O)Nc1ccccc1S(=O)(=O)NC(C)(C)C. The van der Waals surface area contributed by atoms with Crippen LogP contribution in [0.15, 0.2) is 34.7 Å². The number of amides is 1. The monoisotopic (exact) mass is 353 g/mol. The van der Waals surface area contributed by atoms with Crippen molar-refractivity contribution in [2.75, 3.05) is 5.32 Å². The van der Waals surface area contributed by atoms with Crippen LogP contribution in [0, 0.1) is 6.92 Å². The van der Waals surface area contributed by atoms with Crippen molar-refractivity contribution >= 4 is 33.0 Å². The van der Waals surface area contributed by atoms with Gasteiger partial charge in [0.25, 0.3) is 5.91 Å². The van der Waals surface area contributed by atoms with Gasteiger partial charge in [-0.1, -0.05) is 12.1 Å².